The monoisotopic (exact) mass is 479 g/mol. The average Bonchev–Trinajstić information content (AvgIpc) is 2.88. The Balaban J connectivity index is 0.000000739. The first-order chi connectivity index (χ1) is 17.0. The van der Waals surface area contributed by atoms with Crippen molar-refractivity contribution in [2.24, 2.45) is 10.9 Å². The van der Waals surface area contributed by atoms with Crippen LogP contribution >= 0.6 is 0 Å². The minimum atomic E-state index is 0.761. The van der Waals surface area contributed by atoms with Crippen molar-refractivity contribution in [2.45, 2.75) is 107 Å². The Bertz CT molecular complexity index is 804. The van der Waals surface area contributed by atoms with Crippen molar-refractivity contribution >= 4 is 11.4 Å². The maximum atomic E-state index is 4.52. The molecule has 2 rings (SSSR count). The first kappa shape index (κ1) is 32.6. The second-order valence-electron chi connectivity index (χ2n) is 9.01. The number of hydrogen-bond acceptors (Lipinski definition) is 3. The third-order valence-corrected chi connectivity index (χ3v) is 5.87. The lowest BCUT2D eigenvalue weighted by molar-refractivity contribution is 0.427. The molecule has 1 heterocycles. The van der Waals surface area contributed by atoms with Gasteiger partial charge in [0.25, 0.3) is 0 Å². The summed E-state index contributed by atoms with van der Waals surface area (Å²) in [5, 5.41) is 3.43. The summed E-state index contributed by atoms with van der Waals surface area (Å²) in [6.07, 6.45) is 26.7. The lowest BCUT2D eigenvalue weighted by atomic mass is 9.96. The van der Waals surface area contributed by atoms with Crippen molar-refractivity contribution in [3.63, 3.8) is 0 Å². The highest BCUT2D eigenvalue weighted by Gasteiger charge is 2.08. The van der Waals surface area contributed by atoms with Gasteiger partial charge in [0.2, 0.25) is 0 Å². The van der Waals surface area contributed by atoms with E-state index in [9.17, 15) is 0 Å². The number of aromatic nitrogens is 1. The Labute approximate surface area is 217 Å². The smallest absolute Gasteiger partial charge is 0.0701 e. The molecule has 0 atom stereocenters. The molecule has 1 N–H and O–H groups in total. The molecule has 0 unspecified atom stereocenters. The topological polar surface area (TPSA) is 37.3 Å². The first-order valence-electron chi connectivity index (χ1n) is 13.9. The summed E-state index contributed by atoms with van der Waals surface area (Å²) in [6.45, 7) is 18.2. The number of rotatable bonds is 11. The first-order valence-corrected chi connectivity index (χ1v) is 13.9. The van der Waals surface area contributed by atoms with Crippen LogP contribution in [-0.4, -0.2) is 17.2 Å². The second kappa shape index (κ2) is 22.1. The van der Waals surface area contributed by atoms with E-state index in [1.807, 2.05) is 37.7 Å². The van der Waals surface area contributed by atoms with Crippen molar-refractivity contribution in [1.82, 2.24) is 4.98 Å². The number of pyridine rings is 1. The van der Waals surface area contributed by atoms with Gasteiger partial charge in [-0.3, -0.25) is 9.98 Å². The standard InChI is InChI=1S/C19H23N3.C9H20.C4H10/c1-4-6-17-8-7-16(12-18(17)21-10-5-2)13-22-19-14-20-11-9-15(19)3;1-4-7-9(6-3)8-5-2;1-3-4-2/h5-12,14,22H,4,13H2,1-3H3;9H,4-8H2,1-3H3;3-4H2,1-2H3/b10-5-,17-6+,21-18+;;. The fraction of sp³-hybridized carbons (Fsp3) is 0.562. The average molecular weight is 480 g/mol. The van der Waals surface area contributed by atoms with E-state index in [0.29, 0.717) is 0 Å². The minimum absolute atomic E-state index is 0.761. The van der Waals surface area contributed by atoms with Gasteiger partial charge in [-0.05, 0) is 55.0 Å². The van der Waals surface area contributed by atoms with Crippen LogP contribution in [0.1, 0.15) is 105 Å². The van der Waals surface area contributed by atoms with Crippen LogP contribution in [-0.2, 0) is 0 Å². The Hall–Kier alpha value is -2.42. The Morgan fingerprint density at radius 1 is 0.971 bits per heavy atom. The maximum absolute atomic E-state index is 4.52. The van der Waals surface area contributed by atoms with Gasteiger partial charge in [-0.15, -0.1) is 0 Å². The fourth-order valence-electron chi connectivity index (χ4n) is 3.57. The number of nitrogens with one attached hydrogen (secondary N) is 1. The van der Waals surface area contributed by atoms with E-state index in [2.05, 4.69) is 88.1 Å². The molecule has 0 fully saturated rings. The number of aliphatic imine (C=N–C) groups is 1. The van der Waals surface area contributed by atoms with Crippen molar-refractivity contribution in [3.05, 3.63) is 71.7 Å². The lowest BCUT2D eigenvalue weighted by Crippen LogP contribution is -2.10. The quantitative estimate of drug-likeness (QED) is 0.343. The highest BCUT2D eigenvalue weighted by atomic mass is 14.9. The molecule has 0 aliphatic heterocycles. The number of nitrogens with zero attached hydrogens (tertiary/aromatic N) is 2. The van der Waals surface area contributed by atoms with Crippen LogP contribution in [0, 0.1) is 12.8 Å². The third-order valence-electron chi connectivity index (χ3n) is 5.87. The molecule has 35 heavy (non-hydrogen) atoms. The molecule has 1 aliphatic carbocycles. The van der Waals surface area contributed by atoms with Gasteiger partial charge in [0.15, 0.2) is 0 Å². The summed E-state index contributed by atoms with van der Waals surface area (Å²) < 4.78 is 0. The normalized spacial score (nSPS) is 15.1. The van der Waals surface area contributed by atoms with Crippen LogP contribution in [0.4, 0.5) is 5.69 Å². The number of allylic oxidation sites excluding steroid dienone is 5. The molecule has 1 aromatic rings. The highest BCUT2D eigenvalue weighted by Crippen LogP contribution is 2.18. The zero-order valence-corrected chi connectivity index (χ0v) is 24.0. The van der Waals surface area contributed by atoms with Gasteiger partial charge in [0.05, 0.1) is 17.6 Å². The molecule has 0 spiro atoms. The summed E-state index contributed by atoms with van der Waals surface area (Å²) in [5.41, 5.74) is 5.67. The molecule has 0 saturated heterocycles. The van der Waals surface area contributed by atoms with E-state index in [-0.39, 0.29) is 0 Å². The van der Waals surface area contributed by atoms with Crippen molar-refractivity contribution < 1.29 is 0 Å². The second-order valence-corrected chi connectivity index (χ2v) is 9.01. The molecule has 3 heteroatoms. The van der Waals surface area contributed by atoms with Crippen molar-refractivity contribution in [3.8, 4) is 0 Å². The summed E-state index contributed by atoms with van der Waals surface area (Å²) in [4.78, 5) is 8.68. The van der Waals surface area contributed by atoms with Crippen LogP contribution < -0.4 is 5.32 Å². The number of unbranched alkanes of at least 4 members (excludes halogenated alkanes) is 1. The number of aryl methyl sites for hydroxylation is 1. The van der Waals surface area contributed by atoms with Crippen LogP contribution in [0.15, 0.2) is 71.2 Å². The number of anilines is 1. The Morgan fingerprint density at radius 3 is 2.17 bits per heavy atom. The van der Waals surface area contributed by atoms with Crippen LogP contribution in [0.5, 0.6) is 0 Å². The Morgan fingerprint density at radius 2 is 1.66 bits per heavy atom. The molecule has 1 aliphatic rings. The molecular formula is C32H53N3. The fourth-order valence-corrected chi connectivity index (χ4v) is 3.57. The van der Waals surface area contributed by atoms with E-state index in [1.165, 1.54) is 61.7 Å². The molecular weight excluding hydrogens is 426 g/mol. The highest BCUT2D eigenvalue weighted by molar-refractivity contribution is 6.12. The summed E-state index contributed by atoms with van der Waals surface area (Å²) in [5.74, 6) is 1.01. The molecule has 0 aromatic carbocycles. The maximum Gasteiger partial charge on any atom is 0.0701 e. The molecule has 0 radical (unpaired) electrons. The van der Waals surface area contributed by atoms with Gasteiger partial charge in [-0.2, -0.15) is 0 Å². The van der Waals surface area contributed by atoms with E-state index >= 15 is 0 Å². The molecule has 0 saturated carbocycles. The predicted octanol–water partition coefficient (Wildman–Crippen LogP) is 10.0. The molecule has 0 amide bonds. The molecule has 3 nitrogen and oxygen atoms in total. The SMILES string of the molecule is CCCC.CCCC(CC)CCC.C\C=C/N=C1\C=C(CNc2cnccc2C)C=C\C1=C/CC. The van der Waals surface area contributed by atoms with Crippen LogP contribution in [0.3, 0.4) is 0 Å². The molecule has 1 aromatic heterocycles. The van der Waals surface area contributed by atoms with E-state index < -0.39 is 0 Å². The van der Waals surface area contributed by atoms with Gasteiger partial charge in [-0.25, -0.2) is 0 Å². The molecule has 0 bridgehead atoms. The van der Waals surface area contributed by atoms with Crippen LogP contribution in [0.25, 0.3) is 0 Å². The van der Waals surface area contributed by atoms with Gasteiger partial charge < -0.3 is 5.32 Å². The van der Waals surface area contributed by atoms with E-state index in [1.54, 1.807) is 0 Å². The van der Waals surface area contributed by atoms with Gasteiger partial charge in [0, 0.05) is 18.9 Å². The summed E-state index contributed by atoms with van der Waals surface area (Å²) in [6, 6.07) is 2.01. The zero-order valence-electron chi connectivity index (χ0n) is 24.0. The minimum Gasteiger partial charge on any atom is -0.380 e. The third kappa shape index (κ3) is 15.2. The summed E-state index contributed by atoms with van der Waals surface area (Å²) >= 11 is 0. The van der Waals surface area contributed by atoms with Gasteiger partial charge >= 0.3 is 0 Å². The molecule has 196 valence electrons. The van der Waals surface area contributed by atoms with Crippen molar-refractivity contribution in [1.29, 1.82) is 0 Å². The zero-order chi connectivity index (χ0) is 26.3. The van der Waals surface area contributed by atoms with Crippen LogP contribution in [0.2, 0.25) is 0 Å². The van der Waals surface area contributed by atoms with Crippen molar-refractivity contribution in [2.75, 3.05) is 11.9 Å². The number of hydrogen-bond donors (Lipinski definition) is 1. The van der Waals surface area contributed by atoms with Gasteiger partial charge in [-0.1, -0.05) is 111 Å². The van der Waals surface area contributed by atoms with Gasteiger partial charge in [0.1, 0.15) is 0 Å². The predicted molar refractivity (Wildman–Crippen MR) is 159 cm³/mol. The largest absolute Gasteiger partial charge is 0.380 e. The van der Waals surface area contributed by atoms with E-state index in [0.717, 1.165) is 30.3 Å². The van der Waals surface area contributed by atoms with E-state index in [4.69, 9.17) is 0 Å². The summed E-state index contributed by atoms with van der Waals surface area (Å²) in [7, 11) is 0. The Kier molecular flexibility index (Phi) is 20.5. The lowest BCUT2D eigenvalue weighted by Gasteiger charge is -2.14.